The minimum atomic E-state index is -0.307. The maximum Gasteiger partial charge on any atom is 0.333 e. The van der Waals surface area contributed by atoms with E-state index in [1.165, 1.54) is 79.7 Å². The minimum Gasteiger partial charge on any atom is -0.462 e. The van der Waals surface area contributed by atoms with Gasteiger partial charge in [-0.1, -0.05) is 82.0 Å². The fraction of sp³-hybridized carbons (Fsp3) is 0.583. The van der Waals surface area contributed by atoms with Crippen LogP contribution in [0.15, 0.2) is 54.6 Å². The van der Waals surface area contributed by atoms with Gasteiger partial charge >= 0.3 is 5.97 Å². The van der Waals surface area contributed by atoms with Gasteiger partial charge in [-0.3, -0.25) is 0 Å². The van der Waals surface area contributed by atoms with Crippen molar-refractivity contribution in [3.05, 3.63) is 65.8 Å². The lowest BCUT2D eigenvalue weighted by atomic mass is 9.70. The number of allylic oxidation sites excluding steroid dienone is 2. The molecule has 1 fully saturated rings. The van der Waals surface area contributed by atoms with E-state index in [1.807, 2.05) is 0 Å². The lowest BCUT2D eigenvalue weighted by Gasteiger charge is -2.35. The first-order valence-corrected chi connectivity index (χ1v) is 15.6. The average molecular weight is 531 g/mol. The fourth-order valence-electron chi connectivity index (χ4n) is 6.96. The van der Waals surface area contributed by atoms with Crippen LogP contribution in [-0.2, 0) is 16.0 Å². The minimum absolute atomic E-state index is 0.211. The van der Waals surface area contributed by atoms with Gasteiger partial charge < -0.3 is 9.84 Å². The van der Waals surface area contributed by atoms with E-state index in [1.54, 1.807) is 12.5 Å². The van der Waals surface area contributed by atoms with Gasteiger partial charge in [0.1, 0.15) is 0 Å². The molecular formula is C36H50O3. The highest BCUT2D eigenvalue weighted by atomic mass is 16.5. The van der Waals surface area contributed by atoms with Crippen molar-refractivity contribution in [2.45, 2.75) is 97.3 Å². The van der Waals surface area contributed by atoms with Crippen molar-refractivity contribution in [1.29, 1.82) is 0 Å². The highest BCUT2D eigenvalue weighted by Crippen LogP contribution is 2.42. The van der Waals surface area contributed by atoms with Gasteiger partial charge in [0.25, 0.3) is 0 Å². The Balaban J connectivity index is 1.18. The number of aliphatic hydroxyl groups excluding tert-OH is 1. The molecule has 0 saturated heterocycles. The third-order valence-electron chi connectivity index (χ3n) is 9.56. The summed E-state index contributed by atoms with van der Waals surface area (Å²) in [6, 6.07) is 13.9. The van der Waals surface area contributed by atoms with Crippen LogP contribution in [-0.4, -0.2) is 24.3 Å². The van der Waals surface area contributed by atoms with Crippen molar-refractivity contribution < 1.29 is 14.6 Å². The van der Waals surface area contributed by atoms with E-state index < -0.39 is 0 Å². The SMILES string of the molecule is C=C(C)C(=O)OCCC(CCO)CCCC1CCC(C2CC=C(c3ccc4cc(CC)ccc4c3)CC2)CC1. The Hall–Kier alpha value is -2.39. The topological polar surface area (TPSA) is 46.5 Å². The second-order valence-corrected chi connectivity index (χ2v) is 12.3. The Morgan fingerprint density at radius 1 is 1.00 bits per heavy atom. The van der Waals surface area contributed by atoms with Crippen LogP contribution >= 0.6 is 0 Å². The molecule has 0 bridgehead atoms. The molecule has 2 aromatic carbocycles. The summed E-state index contributed by atoms with van der Waals surface area (Å²) >= 11 is 0. The van der Waals surface area contributed by atoms with Gasteiger partial charge in [0.05, 0.1) is 6.61 Å². The van der Waals surface area contributed by atoms with Crippen LogP contribution in [0.1, 0.15) is 102 Å². The Morgan fingerprint density at radius 2 is 1.77 bits per heavy atom. The molecule has 1 N–H and O–H groups in total. The van der Waals surface area contributed by atoms with Crippen molar-refractivity contribution in [3.63, 3.8) is 0 Å². The number of rotatable bonds is 13. The van der Waals surface area contributed by atoms with Gasteiger partial charge in [0.15, 0.2) is 0 Å². The monoisotopic (exact) mass is 530 g/mol. The summed E-state index contributed by atoms with van der Waals surface area (Å²) < 4.78 is 5.28. The van der Waals surface area contributed by atoms with Crippen LogP contribution in [0.4, 0.5) is 0 Å². The van der Waals surface area contributed by atoms with Crippen LogP contribution in [0, 0.1) is 23.7 Å². The molecule has 2 aromatic rings. The van der Waals surface area contributed by atoms with Crippen LogP contribution in [0.2, 0.25) is 0 Å². The number of carbonyl (C=O) groups is 1. The molecule has 2 atom stereocenters. The predicted molar refractivity (Wildman–Crippen MR) is 164 cm³/mol. The zero-order valence-corrected chi connectivity index (χ0v) is 24.4. The van der Waals surface area contributed by atoms with E-state index in [0.29, 0.717) is 18.1 Å². The molecule has 3 heteroatoms. The van der Waals surface area contributed by atoms with E-state index in [2.05, 4.69) is 56.0 Å². The zero-order chi connectivity index (χ0) is 27.6. The number of carbonyl (C=O) groups excluding carboxylic acids is 1. The standard InChI is InChI=1S/C36H50O3/c1-4-27-8-13-35-25-34(19-18-33(35)24-27)32-16-14-31(15-17-32)30-11-9-28(10-12-30)6-5-7-29(20-22-37)21-23-39-36(38)26(2)3/h8,13,16,18-19,24-25,28-31,37H,2,4-7,9-12,14-15,17,20-23H2,1,3H3. The highest BCUT2D eigenvalue weighted by Gasteiger charge is 2.29. The molecule has 39 heavy (non-hydrogen) atoms. The van der Waals surface area contributed by atoms with E-state index in [-0.39, 0.29) is 12.6 Å². The van der Waals surface area contributed by atoms with E-state index in [0.717, 1.165) is 43.4 Å². The molecule has 212 valence electrons. The van der Waals surface area contributed by atoms with Crippen molar-refractivity contribution in [2.24, 2.45) is 23.7 Å². The number of aryl methyl sites for hydroxylation is 1. The van der Waals surface area contributed by atoms with Crippen molar-refractivity contribution in [3.8, 4) is 0 Å². The molecule has 2 aliphatic carbocycles. The molecule has 0 heterocycles. The van der Waals surface area contributed by atoms with Gasteiger partial charge in [-0.2, -0.15) is 0 Å². The number of benzene rings is 2. The summed E-state index contributed by atoms with van der Waals surface area (Å²) in [5.41, 5.74) is 4.83. The number of ether oxygens (including phenoxy) is 1. The maximum atomic E-state index is 11.6. The Morgan fingerprint density at radius 3 is 2.46 bits per heavy atom. The Bertz CT molecular complexity index is 1120. The molecule has 1 saturated carbocycles. The molecule has 0 aromatic heterocycles. The predicted octanol–water partition coefficient (Wildman–Crippen LogP) is 9.07. The van der Waals surface area contributed by atoms with E-state index in [4.69, 9.17) is 4.74 Å². The number of hydrogen-bond acceptors (Lipinski definition) is 3. The maximum absolute atomic E-state index is 11.6. The third-order valence-corrected chi connectivity index (χ3v) is 9.56. The van der Waals surface area contributed by atoms with Crippen molar-refractivity contribution in [2.75, 3.05) is 13.2 Å². The third kappa shape index (κ3) is 8.55. The van der Waals surface area contributed by atoms with Gasteiger partial charge in [-0.25, -0.2) is 4.79 Å². The largest absolute Gasteiger partial charge is 0.462 e. The second kappa shape index (κ2) is 14.8. The molecular weight excluding hydrogens is 480 g/mol. The van der Waals surface area contributed by atoms with E-state index >= 15 is 0 Å². The number of fused-ring (bicyclic) bond motifs is 1. The first kappa shape index (κ1) is 29.6. The molecule has 2 aliphatic rings. The summed E-state index contributed by atoms with van der Waals surface area (Å²) in [7, 11) is 0. The molecule has 0 radical (unpaired) electrons. The van der Waals surface area contributed by atoms with Crippen LogP contribution in [0.3, 0.4) is 0 Å². The second-order valence-electron chi connectivity index (χ2n) is 12.3. The molecule has 0 spiro atoms. The van der Waals surface area contributed by atoms with Crippen molar-refractivity contribution in [1.82, 2.24) is 0 Å². The summed E-state index contributed by atoms with van der Waals surface area (Å²) in [6.07, 6.45) is 18.3. The Labute approximate surface area is 236 Å². The molecule has 0 amide bonds. The summed E-state index contributed by atoms with van der Waals surface area (Å²) in [5.74, 6) is 2.74. The molecule has 3 nitrogen and oxygen atoms in total. The van der Waals surface area contributed by atoms with Gasteiger partial charge in [0.2, 0.25) is 0 Å². The van der Waals surface area contributed by atoms with Crippen LogP contribution < -0.4 is 0 Å². The Kier molecular flexibility index (Phi) is 11.3. The molecule has 4 rings (SSSR count). The molecule has 2 unspecified atom stereocenters. The van der Waals surface area contributed by atoms with Gasteiger partial charge in [-0.15, -0.1) is 0 Å². The quantitative estimate of drug-likeness (QED) is 0.207. The average Bonchev–Trinajstić information content (AvgIpc) is 2.97. The lowest BCUT2D eigenvalue weighted by molar-refractivity contribution is -0.139. The highest BCUT2D eigenvalue weighted by molar-refractivity contribution is 5.87. The summed E-state index contributed by atoms with van der Waals surface area (Å²) in [4.78, 5) is 11.6. The summed E-state index contributed by atoms with van der Waals surface area (Å²) in [6.45, 7) is 8.18. The first-order valence-electron chi connectivity index (χ1n) is 15.6. The fourth-order valence-corrected chi connectivity index (χ4v) is 6.96. The van der Waals surface area contributed by atoms with Gasteiger partial charge in [-0.05, 0) is 116 Å². The smallest absolute Gasteiger partial charge is 0.333 e. The lowest BCUT2D eigenvalue weighted by Crippen LogP contribution is -2.23. The summed E-state index contributed by atoms with van der Waals surface area (Å²) in [5, 5.41) is 12.2. The number of hydrogen-bond donors (Lipinski definition) is 1. The normalized spacial score (nSPS) is 22.3. The zero-order valence-electron chi connectivity index (χ0n) is 24.4. The van der Waals surface area contributed by atoms with Crippen LogP contribution in [0.25, 0.3) is 16.3 Å². The van der Waals surface area contributed by atoms with E-state index in [9.17, 15) is 9.90 Å². The van der Waals surface area contributed by atoms with Crippen LogP contribution in [0.5, 0.6) is 0 Å². The first-order chi connectivity index (χ1) is 19.0. The number of aliphatic hydroxyl groups is 1. The van der Waals surface area contributed by atoms with Crippen molar-refractivity contribution >= 4 is 22.3 Å². The molecule has 0 aliphatic heterocycles. The van der Waals surface area contributed by atoms with Gasteiger partial charge in [0, 0.05) is 12.2 Å². The number of esters is 1.